The summed E-state index contributed by atoms with van der Waals surface area (Å²) in [7, 11) is 1.49. The van der Waals surface area contributed by atoms with Gasteiger partial charge in [0.15, 0.2) is 0 Å². The molecule has 4 aromatic rings. The molecule has 3 nitrogen and oxygen atoms in total. The van der Waals surface area contributed by atoms with Gasteiger partial charge in [-0.05, 0) is 40.8 Å². The fraction of sp³-hybridized carbons (Fsp3) is 0.192. The number of halogens is 3. The highest BCUT2D eigenvalue weighted by molar-refractivity contribution is 7.19. The van der Waals surface area contributed by atoms with Crippen molar-refractivity contribution in [3.05, 3.63) is 83.7 Å². The van der Waals surface area contributed by atoms with Crippen LogP contribution in [0, 0.1) is 0 Å². The van der Waals surface area contributed by atoms with Crippen molar-refractivity contribution in [3.8, 4) is 16.9 Å². The second kappa shape index (κ2) is 9.67. The van der Waals surface area contributed by atoms with Gasteiger partial charge in [-0.2, -0.15) is 13.2 Å². The summed E-state index contributed by atoms with van der Waals surface area (Å²) in [6.45, 7) is 0.164. The lowest BCUT2D eigenvalue weighted by molar-refractivity contribution is -0.143. The molecule has 1 heterocycles. The average molecular weight is 470 g/mol. The highest BCUT2D eigenvalue weighted by Crippen LogP contribution is 2.36. The van der Waals surface area contributed by atoms with E-state index >= 15 is 0 Å². The Morgan fingerprint density at radius 1 is 0.939 bits per heavy atom. The number of hydrogen-bond acceptors (Lipinski definition) is 3. The lowest BCUT2D eigenvalue weighted by Gasteiger charge is -2.25. The normalized spacial score (nSPS) is 11.5. The second-order valence-electron chi connectivity index (χ2n) is 7.60. The third-order valence-corrected chi connectivity index (χ3v) is 6.39. The SMILES string of the molecule is COc1cc(-c2ccccc2)ccc1N(Cc1cc2ccccc2s1)C(=O)CCC(F)(F)F. The van der Waals surface area contributed by atoms with Crippen LogP contribution in [0.25, 0.3) is 21.2 Å². The molecule has 0 aliphatic carbocycles. The Balaban J connectivity index is 1.70. The van der Waals surface area contributed by atoms with Crippen molar-refractivity contribution in [1.82, 2.24) is 0 Å². The highest BCUT2D eigenvalue weighted by Gasteiger charge is 2.30. The van der Waals surface area contributed by atoms with Crippen LogP contribution in [0.1, 0.15) is 17.7 Å². The minimum absolute atomic E-state index is 0.164. The number of thiophene rings is 1. The zero-order chi connectivity index (χ0) is 23.4. The molecular formula is C26H22F3NO2S. The van der Waals surface area contributed by atoms with Crippen LogP contribution in [0.3, 0.4) is 0 Å². The number of rotatable bonds is 7. The molecule has 33 heavy (non-hydrogen) atoms. The molecule has 0 fully saturated rings. The molecule has 0 unspecified atom stereocenters. The number of carbonyl (C=O) groups excluding carboxylic acids is 1. The number of ether oxygens (including phenoxy) is 1. The summed E-state index contributed by atoms with van der Waals surface area (Å²) in [6.07, 6.45) is -6.20. The molecule has 4 rings (SSSR count). The van der Waals surface area contributed by atoms with Crippen molar-refractivity contribution in [2.24, 2.45) is 0 Å². The third-order valence-electron chi connectivity index (χ3n) is 5.29. The fourth-order valence-electron chi connectivity index (χ4n) is 3.67. The summed E-state index contributed by atoms with van der Waals surface area (Å²) in [5.41, 5.74) is 2.31. The molecule has 7 heteroatoms. The lowest BCUT2D eigenvalue weighted by atomic mass is 10.0. The maximum absolute atomic E-state index is 13.0. The molecule has 0 N–H and O–H groups in total. The molecule has 1 aromatic heterocycles. The average Bonchev–Trinajstić information content (AvgIpc) is 3.23. The van der Waals surface area contributed by atoms with Gasteiger partial charge in [0.25, 0.3) is 0 Å². The molecule has 1 amide bonds. The van der Waals surface area contributed by atoms with Crippen LogP contribution in [0.5, 0.6) is 5.75 Å². The standard InChI is InChI=1S/C26H22F3NO2S/c1-32-23-16-19(18-7-3-2-4-8-18)11-12-22(23)30(25(31)13-14-26(27,28)29)17-21-15-20-9-5-6-10-24(20)33-21/h2-12,15-16H,13-14,17H2,1H3. The van der Waals surface area contributed by atoms with Crippen LogP contribution >= 0.6 is 11.3 Å². The zero-order valence-corrected chi connectivity index (χ0v) is 18.7. The number of nitrogens with zero attached hydrogens (tertiary/aromatic N) is 1. The van der Waals surface area contributed by atoms with Gasteiger partial charge >= 0.3 is 6.18 Å². The van der Waals surface area contributed by atoms with Gasteiger partial charge in [0.2, 0.25) is 5.91 Å². The van der Waals surface area contributed by atoms with Crippen molar-refractivity contribution in [2.45, 2.75) is 25.6 Å². The first kappa shape index (κ1) is 22.9. The summed E-state index contributed by atoms with van der Waals surface area (Å²) in [5, 5.41) is 1.03. The zero-order valence-electron chi connectivity index (χ0n) is 17.9. The van der Waals surface area contributed by atoms with Crippen LogP contribution < -0.4 is 9.64 Å². The Bertz CT molecular complexity index is 1220. The number of hydrogen-bond donors (Lipinski definition) is 0. The van der Waals surface area contributed by atoms with E-state index in [1.54, 1.807) is 12.1 Å². The van der Waals surface area contributed by atoms with Crippen molar-refractivity contribution < 1.29 is 22.7 Å². The summed E-state index contributed by atoms with van der Waals surface area (Å²) >= 11 is 1.52. The van der Waals surface area contributed by atoms with Gasteiger partial charge in [0, 0.05) is 16.0 Å². The smallest absolute Gasteiger partial charge is 0.389 e. The van der Waals surface area contributed by atoms with Crippen molar-refractivity contribution in [1.29, 1.82) is 0 Å². The predicted molar refractivity (Wildman–Crippen MR) is 127 cm³/mol. The molecule has 0 saturated heterocycles. The van der Waals surface area contributed by atoms with E-state index in [1.165, 1.54) is 23.3 Å². The Morgan fingerprint density at radius 3 is 2.36 bits per heavy atom. The predicted octanol–water partition coefficient (Wildman–Crippen LogP) is 7.45. The van der Waals surface area contributed by atoms with Gasteiger partial charge in [-0.1, -0.05) is 54.6 Å². The molecule has 0 radical (unpaired) electrons. The van der Waals surface area contributed by atoms with Crippen molar-refractivity contribution >= 4 is 33.0 Å². The topological polar surface area (TPSA) is 29.5 Å². The van der Waals surface area contributed by atoms with E-state index in [4.69, 9.17) is 4.74 Å². The Labute approximate surface area is 194 Å². The Kier molecular flexibility index (Phi) is 6.70. The van der Waals surface area contributed by atoms with E-state index in [1.807, 2.05) is 66.7 Å². The molecule has 0 saturated carbocycles. The summed E-state index contributed by atoms with van der Waals surface area (Å²) in [4.78, 5) is 15.3. The minimum atomic E-state index is -4.40. The van der Waals surface area contributed by atoms with E-state index < -0.39 is 24.9 Å². The van der Waals surface area contributed by atoms with Gasteiger partial charge in [-0.15, -0.1) is 11.3 Å². The third kappa shape index (κ3) is 5.54. The van der Waals surface area contributed by atoms with E-state index in [0.29, 0.717) is 11.4 Å². The molecule has 0 bridgehead atoms. The van der Waals surface area contributed by atoms with Crippen LogP contribution in [-0.4, -0.2) is 19.2 Å². The molecular weight excluding hydrogens is 447 g/mol. The number of fused-ring (bicyclic) bond motifs is 1. The minimum Gasteiger partial charge on any atom is -0.495 e. The van der Waals surface area contributed by atoms with Crippen molar-refractivity contribution in [2.75, 3.05) is 12.0 Å². The van der Waals surface area contributed by atoms with E-state index in [0.717, 1.165) is 26.1 Å². The van der Waals surface area contributed by atoms with Gasteiger partial charge in [-0.25, -0.2) is 0 Å². The second-order valence-corrected chi connectivity index (χ2v) is 8.77. The molecule has 0 aliphatic rings. The first-order valence-electron chi connectivity index (χ1n) is 10.4. The maximum Gasteiger partial charge on any atom is 0.389 e. The quantitative estimate of drug-likeness (QED) is 0.281. The summed E-state index contributed by atoms with van der Waals surface area (Å²) in [6, 6.07) is 24.8. The van der Waals surface area contributed by atoms with Gasteiger partial charge in [-0.3, -0.25) is 4.79 Å². The molecule has 0 aliphatic heterocycles. The highest BCUT2D eigenvalue weighted by atomic mass is 32.1. The summed E-state index contributed by atoms with van der Waals surface area (Å²) in [5.74, 6) is -0.173. The van der Waals surface area contributed by atoms with Gasteiger partial charge < -0.3 is 9.64 Å². The first-order chi connectivity index (χ1) is 15.8. The van der Waals surface area contributed by atoms with E-state index in [-0.39, 0.29) is 6.54 Å². The molecule has 3 aromatic carbocycles. The van der Waals surface area contributed by atoms with Crippen LogP contribution in [-0.2, 0) is 11.3 Å². The number of carbonyl (C=O) groups is 1. The van der Waals surface area contributed by atoms with Gasteiger partial charge in [0.05, 0.1) is 25.8 Å². The van der Waals surface area contributed by atoms with Crippen LogP contribution in [0.4, 0.5) is 18.9 Å². The van der Waals surface area contributed by atoms with Gasteiger partial charge in [0.1, 0.15) is 5.75 Å². The van der Waals surface area contributed by atoms with Crippen LogP contribution in [0.15, 0.2) is 78.9 Å². The Hall–Kier alpha value is -3.32. The Morgan fingerprint density at radius 2 is 1.67 bits per heavy atom. The van der Waals surface area contributed by atoms with E-state index in [2.05, 4.69) is 0 Å². The summed E-state index contributed by atoms with van der Waals surface area (Å²) < 4.78 is 45.1. The number of amides is 1. The van der Waals surface area contributed by atoms with Crippen LogP contribution in [0.2, 0.25) is 0 Å². The fourth-order valence-corrected chi connectivity index (χ4v) is 4.73. The number of anilines is 1. The lowest BCUT2D eigenvalue weighted by Crippen LogP contribution is -2.31. The number of methoxy groups -OCH3 is 1. The number of benzene rings is 3. The molecule has 0 atom stereocenters. The first-order valence-corrected chi connectivity index (χ1v) is 11.2. The molecule has 0 spiro atoms. The maximum atomic E-state index is 13.0. The largest absolute Gasteiger partial charge is 0.495 e. The van der Waals surface area contributed by atoms with E-state index in [9.17, 15) is 18.0 Å². The molecule has 170 valence electrons. The monoisotopic (exact) mass is 469 g/mol. The van der Waals surface area contributed by atoms with Crippen molar-refractivity contribution in [3.63, 3.8) is 0 Å². The number of alkyl halides is 3.